The van der Waals surface area contributed by atoms with Crippen LogP contribution in [0.1, 0.15) is 25.7 Å². The predicted molar refractivity (Wildman–Crippen MR) is 76.0 cm³/mol. The smallest absolute Gasteiger partial charge is 0.184 e. The van der Waals surface area contributed by atoms with Crippen molar-refractivity contribution in [2.45, 2.75) is 70.2 Å². The van der Waals surface area contributed by atoms with Crippen molar-refractivity contribution >= 4 is 16.4 Å². The van der Waals surface area contributed by atoms with Gasteiger partial charge in [0.1, 0.15) is 0 Å². The highest BCUT2D eigenvalue weighted by Crippen LogP contribution is 2.47. The third-order valence-corrected chi connectivity index (χ3v) is 12.7. The SMILES string of the molecule is C[Si](C)(C)C[Si](C)(C)OC1CC2CCC1C2. The second-order valence-corrected chi connectivity index (χ2v) is 18.1. The fraction of sp³-hybridized carbons (Fsp3) is 1.00. The number of rotatable bonds is 4. The van der Waals surface area contributed by atoms with E-state index < -0.39 is 16.4 Å². The molecule has 0 aromatic carbocycles. The van der Waals surface area contributed by atoms with E-state index in [0.717, 1.165) is 11.8 Å². The van der Waals surface area contributed by atoms with E-state index >= 15 is 0 Å². The Morgan fingerprint density at radius 1 is 1.00 bits per heavy atom. The van der Waals surface area contributed by atoms with Gasteiger partial charge in [-0.1, -0.05) is 19.6 Å². The fourth-order valence-corrected chi connectivity index (χ4v) is 15.7. The Bertz CT molecular complexity index is 257. The minimum absolute atomic E-state index is 0.650. The van der Waals surface area contributed by atoms with E-state index in [9.17, 15) is 0 Å². The lowest BCUT2D eigenvalue weighted by Gasteiger charge is -2.35. The summed E-state index contributed by atoms with van der Waals surface area (Å²) in [5.41, 5.74) is 1.42. The van der Waals surface area contributed by atoms with Crippen molar-refractivity contribution in [3.8, 4) is 0 Å². The van der Waals surface area contributed by atoms with Crippen LogP contribution in [0, 0.1) is 11.8 Å². The first-order valence-electron chi connectivity index (χ1n) is 6.93. The molecule has 2 aliphatic carbocycles. The molecule has 1 nitrogen and oxygen atoms in total. The number of hydrogen-bond acceptors (Lipinski definition) is 1. The maximum Gasteiger partial charge on any atom is 0.184 e. The van der Waals surface area contributed by atoms with Gasteiger partial charge in [-0.25, -0.2) is 0 Å². The molecular weight excluding hydrogens is 228 g/mol. The summed E-state index contributed by atoms with van der Waals surface area (Å²) in [5.74, 6) is 1.95. The Kier molecular flexibility index (Phi) is 3.41. The van der Waals surface area contributed by atoms with Crippen LogP contribution >= 0.6 is 0 Å². The van der Waals surface area contributed by atoms with Crippen molar-refractivity contribution in [2.24, 2.45) is 11.8 Å². The van der Waals surface area contributed by atoms with Crippen molar-refractivity contribution in [1.29, 1.82) is 0 Å². The van der Waals surface area contributed by atoms with Crippen molar-refractivity contribution in [3.05, 3.63) is 0 Å². The van der Waals surface area contributed by atoms with Crippen LogP contribution in [0.25, 0.3) is 0 Å². The van der Waals surface area contributed by atoms with Crippen LogP contribution < -0.4 is 0 Å². The van der Waals surface area contributed by atoms with Gasteiger partial charge in [0.2, 0.25) is 0 Å². The lowest BCUT2D eigenvalue weighted by Crippen LogP contribution is -2.43. The van der Waals surface area contributed by atoms with E-state index in [1.165, 1.54) is 31.4 Å². The summed E-state index contributed by atoms with van der Waals surface area (Å²) in [6.45, 7) is 12.3. The van der Waals surface area contributed by atoms with Gasteiger partial charge in [-0.2, -0.15) is 0 Å². The van der Waals surface area contributed by atoms with Crippen LogP contribution in [-0.2, 0) is 4.43 Å². The molecule has 3 atom stereocenters. The van der Waals surface area contributed by atoms with E-state index in [0.29, 0.717) is 6.10 Å². The van der Waals surface area contributed by atoms with Gasteiger partial charge < -0.3 is 4.43 Å². The molecule has 0 aliphatic heterocycles. The maximum absolute atomic E-state index is 6.58. The highest BCUT2D eigenvalue weighted by molar-refractivity contribution is 6.92. The van der Waals surface area contributed by atoms with Crippen LogP contribution in [0.4, 0.5) is 0 Å². The first-order chi connectivity index (χ1) is 7.25. The fourth-order valence-electron chi connectivity index (χ4n) is 4.06. The summed E-state index contributed by atoms with van der Waals surface area (Å²) in [7, 11) is -2.33. The molecule has 0 radical (unpaired) electrons. The molecule has 94 valence electrons. The van der Waals surface area contributed by atoms with E-state index in [-0.39, 0.29) is 0 Å². The topological polar surface area (TPSA) is 9.23 Å². The zero-order valence-corrected chi connectivity index (χ0v) is 13.7. The van der Waals surface area contributed by atoms with Crippen molar-refractivity contribution in [3.63, 3.8) is 0 Å². The van der Waals surface area contributed by atoms with Gasteiger partial charge in [0.05, 0.1) is 0 Å². The van der Waals surface area contributed by atoms with Gasteiger partial charge in [0.25, 0.3) is 0 Å². The van der Waals surface area contributed by atoms with Gasteiger partial charge in [-0.05, 0) is 56.3 Å². The Morgan fingerprint density at radius 3 is 2.12 bits per heavy atom. The van der Waals surface area contributed by atoms with Gasteiger partial charge in [-0.15, -0.1) is 0 Å². The average molecular weight is 257 g/mol. The predicted octanol–water partition coefficient (Wildman–Crippen LogP) is 4.27. The van der Waals surface area contributed by atoms with Gasteiger partial charge in [0, 0.05) is 14.2 Å². The first kappa shape index (κ1) is 12.8. The molecule has 0 aromatic heterocycles. The van der Waals surface area contributed by atoms with Crippen molar-refractivity contribution in [1.82, 2.24) is 0 Å². The summed E-state index contributed by atoms with van der Waals surface area (Å²) in [6.07, 6.45) is 6.44. The summed E-state index contributed by atoms with van der Waals surface area (Å²) in [4.78, 5) is 0. The summed E-state index contributed by atoms with van der Waals surface area (Å²) >= 11 is 0. The summed E-state index contributed by atoms with van der Waals surface area (Å²) in [5, 5.41) is 0. The van der Waals surface area contributed by atoms with Gasteiger partial charge in [0.15, 0.2) is 8.32 Å². The highest BCUT2D eigenvalue weighted by Gasteiger charge is 2.43. The number of fused-ring (bicyclic) bond motifs is 2. The molecule has 2 fully saturated rings. The quantitative estimate of drug-likeness (QED) is 0.682. The normalized spacial score (nSPS) is 34.7. The van der Waals surface area contributed by atoms with Crippen LogP contribution in [0.2, 0.25) is 38.4 Å². The molecule has 0 aromatic rings. The van der Waals surface area contributed by atoms with Gasteiger partial charge in [-0.3, -0.25) is 0 Å². The minimum Gasteiger partial charge on any atom is -0.414 e. The Hall–Kier alpha value is 0.394. The zero-order valence-electron chi connectivity index (χ0n) is 11.7. The Morgan fingerprint density at radius 2 is 1.69 bits per heavy atom. The Balaban J connectivity index is 1.89. The third kappa shape index (κ3) is 3.20. The monoisotopic (exact) mass is 256 g/mol. The van der Waals surface area contributed by atoms with E-state index in [1.54, 1.807) is 0 Å². The van der Waals surface area contributed by atoms with E-state index in [4.69, 9.17) is 4.43 Å². The van der Waals surface area contributed by atoms with E-state index in [1.807, 2.05) is 0 Å². The lowest BCUT2D eigenvalue weighted by atomic mass is 9.98. The average Bonchev–Trinajstić information content (AvgIpc) is 2.57. The molecule has 0 spiro atoms. The lowest BCUT2D eigenvalue weighted by molar-refractivity contribution is 0.130. The molecule has 0 amide bonds. The standard InChI is InChI=1S/C13H28OSi2/c1-15(2,3)10-16(4,5)14-13-9-11-6-7-12(13)8-11/h11-13H,6-10H2,1-5H3. The number of hydrogen-bond donors (Lipinski definition) is 0. The van der Waals surface area contributed by atoms with Crippen molar-refractivity contribution < 1.29 is 4.43 Å². The molecule has 16 heavy (non-hydrogen) atoms. The third-order valence-electron chi connectivity index (χ3n) is 4.10. The second kappa shape index (κ2) is 4.25. The van der Waals surface area contributed by atoms with E-state index in [2.05, 4.69) is 32.7 Å². The largest absolute Gasteiger partial charge is 0.414 e. The maximum atomic E-state index is 6.58. The van der Waals surface area contributed by atoms with Crippen molar-refractivity contribution in [2.75, 3.05) is 0 Å². The van der Waals surface area contributed by atoms with Crippen LogP contribution in [0.3, 0.4) is 0 Å². The van der Waals surface area contributed by atoms with Crippen LogP contribution in [0.15, 0.2) is 0 Å². The molecule has 2 saturated carbocycles. The summed E-state index contributed by atoms with van der Waals surface area (Å²) < 4.78 is 6.58. The van der Waals surface area contributed by atoms with Gasteiger partial charge >= 0.3 is 0 Å². The molecular formula is C13H28OSi2. The van der Waals surface area contributed by atoms with Crippen LogP contribution in [0.5, 0.6) is 0 Å². The minimum atomic E-state index is -1.38. The molecule has 3 heteroatoms. The highest BCUT2D eigenvalue weighted by atomic mass is 28.4. The molecule has 0 heterocycles. The zero-order chi connectivity index (χ0) is 12.0. The Labute approximate surface area is 103 Å². The first-order valence-corrected chi connectivity index (χ1v) is 13.8. The molecule has 0 N–H and O–H groups in total. The molecule has 2 aliphatic rings. The van der Waals surface area contributed by atoms with Crippen LogP contribution in [-0.4, -0.2) is 22.5 Å². The second-order valence-electron chi connectivity index (χ2n) is 7.83. The molecule has 2 rings (SSSR count). The molecule has 3 unspecified atom stereocenters. The molecule has 2 bridgehead atoms. The molecule has 0 saturated heterocycles. The summed E-state index contributed by atoms with van der Waals surface area (Å²) in [6, 6.07) is 0.